The molecule has 21 heavy (non-hydrogen) atoms. The number of aromatic nitrogens is 1. The van der Waals surface area contributed by atoms with E-state index in [9.17, 15) is 14.9 Å². The van der Waals surface area contributed by atoms with Crippen molar-refractivity contribution in [1.82, 2.24) is 4.98 Å². The van der Waals surface area contributed by atoms with Crippen molar-refractivity contribution < 1.29 is 9.72 Å². The SMILES string of the molecule is Cc1cc(NC(=O)CCC2CCCCC2)ncc1[N+](=O)[O-]. The Kier molecular flexibility index (Phi) is 5.25. The number of carbonyl (C=O) groups is 1. The van der Waals surface area contributed by atoms with Crippen molar-refractivity contribution in [3.8, 4) is 0 Å². The van der Waals surface area contributed by atoms with Gasteiger partial charge in [-0.25, -0.2) is 4.98 Å². The summed E-state index contributed by atoms with van der Waals surface area (Å²) in [5.74, 6) is 0.976. The first-order valence-electron chi connectivity index (χ1n) is 7.47. The number of amides is 1. The summed E-state index contributed by atoms with van der Waals surface area (Å²) < 4.78 is 0. The van der Waals surface area contributed by atoms with Gasteiger partial charge in [-0.2, -0.15) is 0 Å². The molecule has 2 rings (SSSR count). The van der Waals surface area contributed by atoms with Gasteiger partial charge in [0, 0.05) is 12.0 Å². The van der Waals surface area contributed by atoms with Gasteiger partial charge in [-0.05, 0) is 25.3 Å². The first kappa shape index (κ1) is 15.4. The Bertz CT molecular complexity index is 525. The van der Waals surface area contributed by atoms with E-state index in [0.29, 0.717) is 23.7 Å². The predicted molar refractivity (Wildman–Crippen MR) is 80.1 cm³/mol. The molecule has 1 N–H and O–H groups in total. The van der Waals surface area contributed by atoms with Crippen LogP contribution in [0, 0.1) is 23.0 Å². The summed E-state index contributed by atoms with van der Waals surface area (Å²) in [7, 11) is 0. The van der Waals surface area contributed by atoms with Gasteiger partial charge in [0.1, 0.15) is 12.0 Å². The predicted octanol–water partition coefficient (Wildman–Crippen LogP) is 3.60. The lowest BCUT2D eigenvalue weighted by molar-refractivity contribution is -0.385. The summed E-state index contributed by atoms with van der Waals surface area (Å²) >= 11 is 0. The molecule has 1 fully saturated rings. The van der Waals surface area contributed by atoms with Crippen LogP contribution in [0.5, 0.6) is 0 Å². The first-order chi connectivity index (χ1) is 10.1. The number of aryl methyl sites for hydroxylation is 1. The third-order valence-corrected chi connectivity index (χ3v) is 4.05. The van der Waals surface area contributed by atoms with E-state index < -0.39 is 4.92 Å². The second-order valence-corrected chi connectivity index (χ2v) is 5.70. The minimum Gasteiger partial charge on any atom is -0.311 e. The molecule has 6 heteroatoms. The Morgan fingerprint density at radius 1 is 1.43 bits per heavy atom. The van der Waals surface area contributed by atoms with Crippen LogP contribution in [-0.4, -0.2) is 15.8 Å². The quantitative estimate of drug-likeness (QED) is 0.663. The van der Waals surface area contributed by atoms with E-state index in [-0.39, 0.29) is 11.6 Å². The highest BCUT2D eigenvalue weighted by Gasteiger charge is 2.16. The molecular formula is C15H21N3O3. The van der Waals surface area contributed by atoms with Gasteiger partial charge in [0.2, 0.25) is 5.91 Å². The van der Waals surface area contributed by atoms with Crippen molar-refractivity contribution in [3.05, 3.63) is 27.9 Å². The van der Waals surface area contributed by atoms with Crippen LogP contribution < -0.4 is 5.32 Å². The van der Waals surface area contributed by atoms with E-state index in [2.05, 4.69) is 10.3 Å². The minimum absolute atomic E-state index is 0.0322. The van der Waals surface area contributed by atoms with Crippen LogP contribution in [0.2, 0.25) is 0 Å². The molecule has 1 amide bonds. The van der Waals surface area contributed by atoms with E-state index in [4.69, 9.17) is 0 Å². The van der Waals surface area contributed by atoms with E-state index in [0.717, 1.165) is 6.42 Å². The second kappa shape index (κ2) is 7.15. The molecule has 1 aromatic rings. The topological polar surface area (TPSA) is 85.1 Å². The number of anilines is 1. The number of hydrogen-bond donors (Lipinski definition) is 1. The smallest absolute Gasteiger partial charge is 0.290 e. The summed E-state index contributed by atoms with van der Waals surface area (Å²) in [5, 5.41) is 13.4. The highest BCUT2D eigenvalue weighted by atomic mass is 16.6. The lowest BCUT2D eigenvalue weighted by Gasteiger charge is -2.20. The normalized spacial score (nSPS) is 15.7. The largest absolute Gasteiger partial charge is 0.311 e. The molecule has 0 aliphatic heterocycles. The number of pyridine rings is 1. The lowest BCUT2D eigenvalue weighted by Crippen LogP contribution is -2.15. The average Bonchev–Trinajstić information content (AvgIpc) is 2.46. The van der Waals surface area contributed by atoms with E-state index in [1.54, 1.807) is 6.92 Å². The minimum atomic E-state index is -0.475. The van der Waals surface area contributed by atoms with Crippen LogP contribution in [-0.2, 0) is 4.79 Å². The van der Waals surface area contributed by atoms with Gasteiger partial charge in [0.05, 0.1) is 4.92 Å². The molecule has 0 aromatic carbocycles. The maximum Gasteiger partial charge on any atom is 0.290 e. The molecule has 0 spiro atoms. The fourth-order valence-electron chi connectivity index (χ4n) is 2.82. The zero-order valence-electron chi connectivity index (χ0n) is 12.3. The molecule has 1 aliphatic carbocycles. The Hall–Kier alpha value is -1.98. The number of nitrogens with zero attached hydrogens (tertiary/aromatic N) is 2. The fraction of sp³-hybridized carbons (Fsp3) is 0.600. The van der Waals surface area contributed by atoms with Crippen LogP contribution in [0.1, 0.15) is 50.5 Å². The van der Waals surface area contributed by atoms with Crippen molar-refractivity contribution in [3.63, 3.8) is 0 Å². The summed E-state index contributed by atoms with van der Waals surface area (Å²) in [6.45, 7) is 1.64. The summed E-state index contributed by atoms with van der Waals surface area (Å²) in [5.41, 5.74) is 0.466. The van der Waals surface area contributed by atoms with Crippen LogP contribution in [0.4, 0.5) is 11.5 Å². The Morgan fingerprint density at radius 2 is 2.14 bits per heavy atom. The van der Waals surface area contributed by atoms with Gasteiger partial charge >= 0.3 is 0 Å². The standard InChI is InChI=1S/C15H21N3O3/c1-11-9-14(16-10-13(11)18(20)21)17-15(19)8-7-12-5-3-2-4-6-12/h9-10,12H,2-8H2,1H3,(H,16,17,19). The van der Waals surface area contributed by atoms with E-state index in [1.807, 2.05) is 0 Å². The van der Waals surface area contributed by atoms with Gasteiger partial charge < -0.3 is 5.32 Å². The average molecular weight is 291 g/mol. The molecule has 1 aliphatic rings. The van der Waals surface area contributed by atoms with Gasteiger partial charge in [-0.15, -0.1) is 0 Å². The zero-order valence-corrected chi connectivity index (χ0v) is 12.3. The van der Waals surface area contributed by atoms with Crippen molar-refractivity contribution in [2.24, 2.45) is 5.92 Å². The summed E-state index contributed by atoms with van der Waals surface area (Å²) in [6, 6.07) is 1.54. The molecule has 0 radical (unpaired) electrons. The van der Waals surface area contributed by atoms with Crippen LogP contribution in [0.25, 0.3) is 0 Å². The number of carbonyl (C=O) groups excluding carboxylic acids is 1. The molecule has 114 valence electrons. The van der Waals surface area contributed by atoms with Gasteiger partial charge in [0.15, 0.2) is 0 Å². The van der Waals surface area contributed by atoms with Crippen LogP contribution in [0.3, 0.4) is 0 Å². The number of nitrogens with one attached hydrogen (secondary N) is 1. The Balaban J connectivity index is 1.84. The number of hydrogen-bond acceptors (Lipinski definition) is 4. The maximum absolute atomic E-state index is 11.9. The van der Waals surface area contributed by atoms with Gasteiger partial charge in [0.25, 0.3) is 5.69 Å². The molecule has 1 aromatic heterocycles. The van der Waals surface area contributed by atoms with E-state index in [1.165, 1.54) is 44.4 Å². The molecule has 1 saturated carbocycles. The monoisotopic (exact) mass is 291 g/mol. The molecule has 1 heterocycles. The zero-order chi connectivity index (χ0) is 15.2. The molecular weight excluding hydrogens is 270 g/mol. The van der Waals surface area contributed by atoms with Crippen molar-refractivity contribution in [2.45, 2.75) is 51.9 Å². The summed E-state index contributed by atoms with van der Waals surface area (Å²) in [4.78, 5) is 26.1. The van der Waals surface area contributed by atoms with E-state index >= 15 is 0 Å². The maximum atomic E-state index is 11.9. The molecule has 6 nitrogen and oxygen atoms in total. The Labute approximate surface area is 124 Å². The van der Waals surface area contributed by atoms with Crippen LogP contribution >= 0.6 is 0 Å². The van der Waals surface area contributed by atoms with Crippen molar-refractivity contribution >= 4 is 17.4 Å². The highest BCUT2D eigenvalue weighted by Crippen LogP contribution is 2.27. The van der Waals surface area contributed by atoms with Gasteiger partial charge in [-0.1, -0.05) is 32.1 Å². The van der Waals surface area contributed by atoms with Crippen molar-refractivity contribution in [1.29, 1.82) is 0 Å². The third kappa shape index (κ3) is 4.51. The third-order valence-electron chi connectivity index (χ3n) is 4.05. The highest BCUT2D eigenvalue weighted by molar-refractivity contribution is 5.89. The lowest BCUT2D eigenvalue weighted by atomic mass is 9.86. The number of nitro groups is 1. The van der Waals surface area contributed by atoms with Crippen LogP contribution in [0.15, 0.2) is 12.3 Å². The first-order valence-corrected chi connectivity index (χ1v) is 7.47. The second-order valence-electron chi connectivity index (χ2n) is 5.70. The molecule has 0 unspecified atom stereocenters. The molecule has 0 atom stereocenters. The molecule has 0 saturated heterocycles. The number of rotatable bonds is 5. The summed E-state index contributed by atoms with van der Waals surface area (Å²) in [6.07, 6.45) is 8.90. The van der Waals surface area contributed by atoms with Crippen molar-refractivity contribution in [2.75, 3.05) is 5.32 Å². The van der Waals surface area contributed by atoms with Gasteiger partial charge in [-0.3, -0.25) is 14.9 Å². The Morgan fingerprint density at radius 3 is 2.76 bits per heavy atom. The fourth-order valence-corrected chi connectivity index (χ4v) is 2.82. The molecule has 0 bridgehead atoms.